The predicted molar refractivity (Wildman–Crippen MR) is 48.0 cm³/mol. The Labute approximate surface area is 73.6 Å². The first-order chi connectivity index (χ1) is 5.39. The van der Waals surface area contributed by atoms with Crippen LogP contribution in [0.1, 0.15) is 20.3 Å². The van der Waals surface area contributed by atoms with Gasteiger partial charge in [0.2, 0.25) is 0 Å². The van der Waals surface area contributed by atoms with Crippen LogP contribution in [0, 0.1) is 0 Å². The standard InChI is InChI=1S/C8H18N2O2/c1-5-8(2,12)6-9-7(11)10(3)4/h12H,5-6H2,1-4H3,(H,9,11). The van der Waals surface area contributed by atoms with Crippen LogP contribution in [-0.4, -0.2) is 42.3 Å². The molecule has 0 aliphatic heterocycles. The van der Waals surface area contributed by atoms with Crippen molar-refractivity contribution in [3.05, 3.63) is 0 Å². The molecule has 4 nitrogen and oxygen atoms in total. The van der Waals surface area contributed by atoms with Crippen LogP contribution in [-0.2, 0) is 0 Å². The molecule has 0 rings (SSSR count). The van der Waals surface area contributed by atoms with E-state index in [2.05, 4.69) is 5.32 Å². The molecule has 0 aliphatic carbocycles. The summed E-state index contributed by atoms with van der Waals surface area (Å²) in [6.45, 7) is 3.87. The Balaban J connectivity index is 3.76. The predicted octanol–water partition coefficient (Wildman–Crippen LogP) is 0.419. The highest BCUT2D eigenvalue weighted by molar-refractivity contribution is 5.73. The van der Waals surface area contributed by atoms with Gasteiger partial charge in [-0.1, -0.05) is 6.92 Å². The number of nitrogens with zero attached hydrogens (tertiary/aromatic N) is 1. The van der Waals surface area contributed by atoms with Crippen LogP contribution in [0.25, 0.3) is 0 Å². The summed E-state index contributed by atoms with van der Waals surface area (Å²) in [6, 6.07) is -0.177. The van der Waals surface area contributed by atoms with Crippen molar-refractivity contribution in [1.82, 2.24) is 10.2 Å². The van der Waals surface area contributed by atoms with Crippen molar-refractivity contribution in [3.63, 3.8) is 0 Å². The summed E-state index contributed by atoms with van der Waals surface area (Å²) < 4.78 is 0. The SMILES string of the molecule is CCC(C)(O)CNC(=O)N(C)C. The van der Waals surface area contributed by atoms with Gasteiger partial charge < -0.3 is 15.3 Å². The number of carbonyl (C=O) groups is 1. The number of rotatable bonds is 3. The maximum Gasteiger partial charge on any atom is 0.316 e. The van der Waals surface area contributed by atoms with Gasteiger partial charge in [-0.05, 0) is 13.3 Å². The van der Waals surface area contributed by atoms with Crippen LogP contribution in [0.2, 0.25) is 0 Å². The van der Waals surface area contributed by atoms with E-state index < -0.39 is 5.60 Å². The molecule has 0 bridgehead atoms. The molecule has 2 amide bonds. The minimum Gasteiger partial charge on any atom is -0.388 e. The Morgan fingerprint density at radius 2 is 2.08 bits per heavy atom. The molecule has 0 aliphatic rings. The molecule has 0 saturated heterocycles. The van der Waals surface area contributed by atoms with E-state index in [1.165, 1.54) is 4.90 Å². The van der Waals surface area contributed by atoms with Crippen molar-refractivity contribution < 1.29 is 9.90 Å². The number of carbonyl (C=O) groups excluding carboxylic acids is 1. The number of nitrogens with one attached hydrogen (secondary N) is 1. The molecule has 1 unspecified atom stereocenters. The minimum atomic E-state index is -0.800. The van der Waals surface area contributed by atoms with Gasteiger partial charge in [-0.2, -0.15) is 0 Å². The lowest BCUT2D eigenvalue weighted by molar-refractivity contribution is 0.0571. The van der Waals surface area contributed by atoms with Gasteiger partial charge in [0.05, 0.1) is 5.60 Å². The summed E-state index contributed by atoms with van der Waals surface area (Å²) in [4.78, 5) is 12.4. The molecule has 72 valence electrons. The Morgan fingerprint density at radius 1 is 1.58 bits per heavy atom. The molecule has 0 saturated carbocycles. The normalized spacial score (nSPS) is 15.1. The monoisotopic (exact) mass is 174 g/mol. The number of aliphatic hydroxyl groups is 1. The fourth-order valence-electron chi connectivity index (χ4n) is 0.549. The lowest BCUT2D eigenvalue weighted by atomic mass is 10.0. The minimum absolute atomic E-state index is 0.177. The second kappa shape index (κ2) is 4.30. The summed E-state index contributed by atoms with van der Waals surface area (Å²) in [5, 5.41) is 12.1. The van der Waals surface area contributed by atoms with E-state index in [-0.39, 0.29) is 6.03 Å². The smallest absolute Gasteiger partial charge is 0.316 e. The average Bonchev–Trinajstić information content (AvgIpc) is 2.00. The van der Waals surface area contributed by atoms with Crippen molar-refractivity contribution >= 4 is 6.03 Å². The third kappa shape index (κ3) is 4.18. The zero-order valence-electron chi connectivity index (χ0n) is 8.22. The quantitative estimate of drug-likeness (QED) is 0.651. The van der Waals surface area contributed by atoms with E-state index in [9.17, 15) is 9.90 Å². The van der Waals surface area contributed by atoms with Gasteiger partial charge in [0.25, 0.3) is 0 Å². The largest absolute Gasteiger partial charge is 0.388 e. The molecule has 0 aromatic heterocycles. The highest BCUT2D eigenvalue weighted by atomic mass is 16.3. The van der Waals surface area contributed by atoms with E-state index in [1.807, 2.05) is 6.92 Å². The van der Waals surface area contributed by atoms with Crippen LogP contribution in [0.15, 0.2) is 0 Å². The van der Waals surface area contributed by atoms with Gasteiger partial charge in [0.15, 0.2) is 0 Å². The van der Waals surface area contributed by atoms with Crippen LogP contribution in [0.5, 0.6) is 0 Å². The van der Waals surface area contributed by atoms with E-state index in [0.29, 0.717) is 13.0 Å². The van der Waals surface area contributed by atoms with E-state index in [1.54, 1.807) is 21.0 Å². The van der Waals surface area contributed by atoms with Gasteiger partial charge in [0, 0.05) is 20.6 Å². The first-order valence-electron chi connectivity index (χ1n) is 4.06. The molecule has 0 aromatic carbocycles. The van der Waals surface area contributed by atoms with Gasteiger partial charge in [-0.25, -0.2) is 4.79 Å². The van der Waals surface area contributed by atoms with Crippen molar-refractivity contribution in [2.45, 2.75) is 25.9 Å². The van der Waals surface area contributed by atoms with E-state index >= 15 is 0 Å². The average molecular weight is 174 g/mol. The van der Waals surface area contributed by atoms with Gasteiger partial charge in [-0.3, -0.25) is 0 Å². The first-order valence-corrected chi connectivity index (χ1v) is 4.06. The summed E-state index contributed by atoms with van der Waals surface area (Å²) in [6.07, 6.45) is 0.626. The second-order valence-electron chi connectivity index (χ2n) is 3.40. The molecule has 0 heterocycles. The molecule has 0 fully saturated rings. The number of urea groups is 1. The molecule has 0 aromatic rings. The Bertz CT molecular complexity index is 155. The molecule has 2 N–H and O–H groups in total. The Morgan fingerprint density at radius 3 is 2.42 bits per heavy atom. The summed E-state index contributed by atoms with van der Waals surface area (Å²) >= 11 is 0. The molecular weight excluding hydrogens is 156 g/mol. The Hall–Kier alpha value is -0.770. The lowest BCUT2D eigenvalue weighted by Crippen LogP contribution is -2.44. The number of hydrogen-bond donors (Lipinski definition) is 2. The van der Waals surface area contributed by atoms with Crippen LogP contribution in [0.4, 0.5) is 4.79 Å². The molecule has 0 spiro atoms. The number of hydrogen-bond acceptors (Lipinski definition) is 2. The van der Waals surface area contributed by atoms with Gasteiger partial charge >= 0.3 is 6.03 Å². The maximum atomic E-state index is 11.0. The highest BCUT2D eigenvalue weighted by Gasteiger charge is 2.18. The summed E-state index contributed by atoms with van der Waals surface area (Å²) in [7, 11) is 3.33. The van der Waals surface area contributed by atoms with E-state index in [0.717, 1.165) is 0 Å². The first kappa shape index (κ1) is 11.2. The highest BCUT2D eigenvalue weighted by Crippen LogP contribution is 2.05. The maximum absolute atomic E-state index is 11.0. The summed E-state index contributed by atoms with van der Waals surface area (Å²) in [5.41, 5.74) is -0.800. The lowest BCUT2D eigenvalue weighted by Gasteiger charge is -2.22. The van der Waals surface area contributed by atoms with Crippen molar-refractivity contribution in [2.24, 2.45) is 0 Å². The zero-order chi connectivity index (χ0) is 9.78. The molecule has 4 heteroatoms. The fourth-order valence-corrected chi connectivity index (χ4v) is 0.549. The number of amides is 2. The molecule has 0 radical (unpaired) electrons. The van der Waals surface area contributed by atoms with Crippen molar-refractivity contribution in [3.8, 4) is 0 Å². The van der Waals surface area contributed by atoms with Crippen LogP contribution < -0.4 is 5.32 Å². The topological polar surface area (TPSA) is 52.6 Å². The van der Waals surface area contributed by atoms with Crippen LogP contribution in [0.3, 0.4) is 0 Å². The fraction of sp³-hybridized carbons (Fsp3) is 0.875. The molecule has 1 atom stereocenters. The van der Waals surface area contributed by atoms with Gasteiger partial charge in [-0.15, -0.1) is 0 Å². The second-order valence-corrected chi connectivity index (χ2v) is 3.40. The van der Waals surface area contributed by atoms with Gasteiger partial charge in [0.1, 0.15) is 0 Å². The van der Waals surface area contributed by atoms with E-state index in [4.69, 9.17) is 0 Å². The summed E-state index contributed by atoms with van der Waals surface area (Å²) in [5.74, 6) is 0. The molecular formula is C8H18N2O2. The van der Waals surface area contributed by atoms with Crippen molar-refractivity contribution in [2.75, 3.05) is 20.6 Å². The van der Waals surface area contributed by atoms with Crippen molar-refractivity contribution in [1.29, 1.82) is 0 Å². The molecule has 12 heavy (non-hydrogen) atoms. The third-order valence-electron chi connectivity index (χ3n) is 1.79. The Kier molecular flexibility index (Phi) is 4.03. The van der Waals surface area contributed by atoms with Crippen LogP contribution >= 0.6 is 0 Å². The third-order valence-corrected chi connectivity index (χ3v) is 1.79. The zero-order valence-corrected chi connectivity index (χ0v) is 8.22.